The summed E-state index contributed by atoms with van der Waals surface area (Å²) in [6.45, 7) is 1.72. The first kappa shape index (κ1) is 25.4. The van der Waals surface area contributed by atoms with Crippen molar-refractivity contribution in [2.45, 2.75) is 25.9 Å². The highest BCUT2D eigenvalue weighted by molar-refractivity contribution is 5.85. The molecule has 0 aromatic heterocycles. The van der Waals surface area contributed by atoms with Gasteiger partial charge in [-0.25, -0.2) is 30.7 Å². The summed E-state index contributed by atoms with van der Waals surface area (Å²) in [6, 6.07) is 5.90. The Morgan fingerprint density at radius 1 is 0.694 bits per heavy atom. The lowest BCUT2D eigenvalue weighted by Gasteiger charge is -2.20. The van der Waals surface area contributed by atoms with Crippen LogP contribution in [0.5, 0.6) is 5.75 Å². The van der Waals surface area contributed by atoms with E-state index in [9.17, 15) is 39.5 Å². The highest BCUT2D eigenvalue weighted by Crippen LogP contribution is 2.38. The molecule has 0 heterocycles. The Labute approximate surface area is 198 Å². The van der Waals surface area contributed by atoms with Crippen LogP contribution in [0.4, 0.5) is 39.5 Å². The van der Waals surface area contributed by atoms with Crippen LogP contribution in [0.1, 0.15) is 24.5 Å². The Bertz CT molecular complexity index is 1460. The molecule has 0 unspecified atom stereocenters. The van der Waals surface area contributed by atoms with Crippen molar-refractivity contribution in [3.05, 3.63) is 100 Å². The van der Waals surface area contributed by atoms with E-state index in [4.69, 9.17) is 0 Å². The van der Waals surface area contributed by atoms with Crippen molar-refractivity contribution in [2.75, 3.05) is 0 Å². The molecule has 188 valence electrons. The standard InChI is InChI=1S/C26H15F9O/c1-2-3-13-8-12-4-7-17(23(31)21(12)25(33)22(13)30)26(34,35)36-15-5-6-16(18(27)11-15)14-9-19(28)24(32)20(29)10-14/h4-11H,2-3H2,1H3. The molecule has 0 saturated heterocycles. The first-order chi connectivity index (χ1) is 16.9. The highest BCUT2D eigenvalue weighted by atomic mass is 19.3. The summed E-state index contributed by atoms with van der Waals surface area (Å²) in [4.78, 5) is 0. The van der Waals surface area contributed by atoms with Crippen molar-refractivity contribution in [1.82, 2.24) is 0 Å². The summed E-state index contributed by atoms with van der Waals surface area (Å²) in [5, 5.41) is -1.13. The molecular weight excluding hydrogens is 499 g/mol. The first-order valence-corrected chi connectivity index (χ1v) is 10.6. The lowest BCUT2D eigenvalue weighted by Crippen LogP contribution is -2.24. The second-order valence-electron chi connectivity index (χ2n) is 7.95. The van der Waals surface area contributed by atoms with Crippen LogP contribution >= 0.6 is 0 Å². The fourth-order valence-electron chi connectivity index (χ4n) is 3.82. The molecule has 0 atom stereocenters. The fourth-order valence-corrected chi connectivity index (χ4v) is 3.82. The maximum absolute atomic E-state index is 15.0. The molecule has 0 aliphatic rings. The molecule has 0 saturated carbocycles. The number of halogens is 9. The van der Waals surface area contributed by atoms with Gasteiger partial charge in [0.05, 0.1) is 5.39 Å². The zero-order valence-electron chi connectivity index (χ0n) is 18.3. The van der Waals surface area contributed by atoms with E-state index in [2.05, 4.69) is 4.74 Å². The number of rotatable bonds is 6. The minimum atomic E-state index is -4.45. The van der Waals surface area contributed by atoms with Gasteiger partial charge < -0.3 is 4.74 Å². The summed E-state index contributed by atoms with van der Waals surface area (Å²) in [5.41, 5.74) is -2.33. The number of hydrogen-bond donors (Lipinski definition) is 0. The molecular formula is C26H15F9O. The molecule has 0 fully saturated rings. The van der Waals surface area contributed by atoms with Gasteiger partial charge in [0.2, 0.25) is 0 Å². The third-order valence-electron chi connectivity index (χ3n) is 5.51. The Hall–Kier alpha value is -3.69. The summed E-state index contributed by atoms with van der Waals surface area (Å²) in [7, 11) is 0. The Morgan fingerprint density at radius 3 is 1.97 bits per heavy atom. The van der Waals surface area contributed by atoms with Crippen molar-refractivity contribution in [1.29, 1.82) is 0 Å². The largest absolute Gasteiger partial charge is 0.429 e. The van der Waals surface area contributed by atoms with E-state index in [0.29, 0.717) is 30.7 Å². The van der Waals surface area contributed by atoms with E-state index in [-0.39, 0.29) is 17.4 Å². The van der Waals surface area contributed by atoms with Crippen molar-refractivity contribution in [3.63, 3.8) is 0 Å². The summed E-state index contributed by atoms with van der Waals surface area (Å²) >= 11 is 0. The van der Waals surface area contributed by atoms with Crippen molar-refractivity contribution in [2.24, 2.45) is 0 Å². The van der Waals surface area contributed by atoms with Gasteiger partial charge in [-0.3, -0.25) is 0 Å². The van der Waals surface area contributed by atoms with E-state index in [0.717, 1.165) is 18.2 Å². The molecule has 0 aliphatic heterocycles. The van der Waals surface area contributed by atoms with Gasteiger partial charge >= 0.3 is 6.11 Å². The Morgan fingerprint density at radius 2 is 1.36 bits per heavy atom. The molecule has 0 radical (unpaired) electrons. The SMILES string of the molecule is CCCc1cc2ccc(C(F)(F)Oc3ccc(-c4cc(F)c(F)c(F)c4)c(F)c3)c(F)c2c(F)c1F. The van der Waals surface area contributed by atoms with Crippen LogP contribution in [0.3, 0.4) is 0 Å². The minimum absolute atomic E-state index is 0.0332. The van der Waals surface area contributed by atoms with Crippen LogP contribution in [0.2, 0.25) is 0 Å². The van der Waals surface area contributed by atoms with Gasteiger partial charge in [-0.1, -0.05) is 19.4 Å². The molecule has 0 aliphatic carbocycles. The van der Waals surface area contributed by atoms with Gasteiger partial charge in [0.1, 0.15) is 22.9 Å². The van der Waals surface area contributed by atoms with E-state index in [1.165, 1.54) is 6.07 Å². The van der Waals surface area contributed by atoms with Crippen molar-refractivity contribution < 1.29 is 44.3 Å². The van der Waals surface area contributed by atoms with Crippen molar-refractivity contribution >= 4 is 10.8 Å². The summed E-state index contributed by atoms with van der Waals surface area (Å²) in [5.74, 6) is -11.8. The molecule has 4 aromatic rings. The van der Waals surface area contributed by atoms with Gasteiger partial charge in [-0.15, -0.1) is 0 Å². The maximum atomic E-state index is 15.0. The second-order valence-corrected chi connectivity index (χ2v) is 7.95. The zero-order valence-corrected chi connectivity index (χ0v) is 18.3. The molecule has 0 amide bonds. The lowest BCUT2D eigenvalue weighted by molar-refractivity contribution is -0.187. The van der Waals surface area contributed by atoms with E-state index >= 15 is 0 Å². The van der Waals surface area contributed by atoms with Gasteiger partial charge in [-0.05, 0) is 59.3 Å². The van der Waals surface area contributed by atoms with Crippen molar-refractivity contribution in [3.8, 4) is 16.9 Å². The van der Waals surface area contributed by atoms with Crippen LogP contribution in [-0.2, 0) is 12.5 Å². The Balaban J connectivity index is 1.70. The highest BCUT2D eigenvalue weighted by Gasteiger charge is 2.39. The fraction of sp³-hybridized carbons (Fsp3) is 0.154. The predicted octanol–water partition coefficient (Wildman–Crippen LogP) is 8.56. The molecule has 0 N–H and O–H groups in total. The molecule has 4 rings (SSSR count). The van der Waals surface area contributed by atoms with Gasteiger partial charge in [0.15, 0.2) is 29.1 Å². The van der Waals surface area contributed by atoms with Gasteiger partial charge in [0, 0.05) is 11.6 Å². The predicted molar refractivity (Wildman–Crippen MR) is 114 cm³/mol. The van der Waals surface area contributed by atoms with Crippen LogP contribution in [0, 0.1) is 40.7 Å². The summed E-state index contributed by atoms with van der Waals surface area (Å²) in [6.07, 6.45) is -3.83. The molecule has 4 aromatic carbocycles. The van der Waals surface area contributed by atoms with E-state index < -0.39 is 74.7 Å². The average Bonchev–Trinajstić information content (AvgIpc) is 2.80. The molecule has 10 heteroatoms. The second kappa shape index (κ2) is 9.40. The third-order valence-corrected chi connectivity index (χ3v) is 5.51. The zero-order chi connectivity index (χ0) is 26.4. The third kappa shape index (κ3) is 4.47. The quantitative estimate of drug-likeness (QED) is 0.185. The average molecular weight is 514 g/mol. The van der Waals surface area contributed by atoms with Gasteiger partial charge in [-0.2, -0.15) is 8.78 Å². The molecule has 36 heavy (non-hydrogen) atoms. The number of alkyl halides is 2. The van der Waals surface area contributed by atoms with E-state index in [1.54, 1.807) is 6.92 Å². The number of fused-ring (bicyclic) bond motifs is 1. The monoisotopic (exact) mass is 514 g/mol. The van der Waals surface area contributed by atoms with Crippen LogP contribution < -0.4 is 4.74 Å². The Kier molecular flexibility index (Phi) is 6.64. The lowest BCUT2D eigenvalue weighted by atomic mass is 9.99. The van der Waals surface area contributed by atoms with Crippen LogP contribution in [0.25, 0.3) is 21.9 Å². The van der Waals surface area contributed by atoms with Crippen LogP contribution in [0.15, 0.2) is 48.5 Å². The number of ether oxygens (including phenoxy) is 1. The van der Waals surface area contributed by atoms with Gasteiger partial charge in [0.25, 0.3) is 0 Å². The number of aryl methyl sites for hydroxylation is 1. The maximum Gasteiger partial charge on any atom is 0.429 e. The molecule has 0 bridgehead atoms. The van der Waals surface area contributed by atoms with E-state index in [1.807, 2.05) is 0 Å². The molecule has 0 spiro atoms. The van der Waals surface area contributed by atoms with Crippen LogP contribution in [-0.4, -0.2) is 0 Å². The minimum Gasteiger partial charge on any atom is -0.429 e. The summed E-state index contributed by atoms with van der Waals surface area (Å²) < 4.78 is 133. The first-order valence-electron chi connectivity index (χ1n) is 10.6. The molecule has 1 nitrogen and oxygen atoms in total. The number of hydrogen-bond acceptors (Lipinski definition) is 1. The topological polar surface area (TPSA) is 9.23 Å². The normalized spacial score (nSPS) is 11.8. The smallest absolute Gasteiger partial charge is 0.429 e. The number of benzene rings is 4.